The van der Waals surface area contributed by atoms with Gasteiger partial charge in [-0.3, -0.25) is 19.4 Å². The maximum atomic E-state index is 12.2. The molecule has 0 radical (unpaired) electrons. The number of nitrogens with two attached hydrogens (primary N) is 3. The molecule has 0 amide bonds. The molecule has 0 saturated carbocycles. The number of nitrogen functional groups attached to an aromatic ring is 1. The van der Waals surface area contributed by atoms with Crippen LogP contribution >= 0.6 is 24.8 Å². The Kier molecular flexibility index (Phi) is 12.4. The first kappa shape index (κ1) is 30.6. The van der Waals surface area contributed by atoms with Crippen molar-refractivity contribution in [1.82, 2.24) is 19.5 Å². The van der Waals surface area contributed by atoms with Crippen molar-refractivity contribution in [2.24, 2.45) is 29.2 Å². The van der Waals surface area contributed by atoms with Gasteiger partial charge in [-0.05, 0) is 11.8 Å². The third kappa shape index (κ3) is 8.14. The Bertz CT molecular complexity index is 949. The number of nitrogens with zero attached hydrogens (tertiary/aromatic N) is 3. The van der Waals surface area contributed by atoms with Crippen LogP contribution in [-0.4, -0.2) is 56.8 Å². The van der Waals surface area contributed by atoms with Crippen LogP contribution in [0.15, 0.2) is 11.1 Å². The van der Waals surface area contributed by atoms with Gasteiger partial charge < -0.3 is 31.2 Å². The zero-order valence-electron chi connectivity index (χ0n) is 19.0. The third-order valence-electron chi connectivity index (χ3n) is 4.85. The number of H-pyrrole nitrogens is 1. The zero-order chi connectivity index (χ0) is 23.3. The molecule has 12 nitrogen and oxygen atoms in total. The maximum Gasteiger partial charge on any atom is 0.323 e. The van der Waals surface area contributed by atoms with Crippen LogP contribution < -0.4 is 22.8 Å². The van der Waals surface area contributed by atoms with Crippen molar-refractivity contribution in [3.63, 3.8) is 0 Å². The van der Waals surface area contributed by atoms with Gasteiger partial charge in [0.05, 0.1) is 19.5 Å². The highest BCUT2D eigenvalue weighted by molar-refractivity contribution is 5.85. The lowest BCUT2D eigenvalue weighted by Crippen LogP contribution is -2.40. The summed E-state index contributed by atoms with van der Waals surface area (Å²) in [5.74, 6) is -1.82. The van der Waals surface area contributed by atoms with Gasteiger partial charge in [0.25, 0.3) is 5.56 Å². The lowest BCUT2D eigenvalue weighted by Gasteiger charge is -2.21. The Morgan fingerprint density at radius 1 is 1.03 bits per heavy atom. The fourth-order valence-electron chi connectivity index (χ4n) is 2.67. The molecule has 2 aromatic heterocycles. The second kappa shape index (κ2) is 13.3. The predicted molar refractivity (Wildman–Crippen MR) is 128 cm³/mol. The number of carbonyl (C=O) groups excluding carboxylic acids is 2. The van der Waals surface area contributed by atoms with E-state index in [1.165, 1.54) is 6.33 Å². The summed E-state index contributed by atoms with van der Waals surface area (Å²) in [6.45, 7) is 7.30. The number of aromatic nitrogens is 4. The van der Waals surface area contributed by atoms with Gasteiger partial charge in [0.15, 0.2) is 11.2 Å². The minimum Gasteiger partial charge on any atom is -0.464 e. The molecular weight excluding hydrogens is 477 g/mol. The van der Waals surface area contributed by atoms with Gasteiger partial charge in [0, 0.05) is 12.5 Å². The normalized spacial score (nSPS) is 12.9. The number of rotatable bonds is 10. The molecule has 2 aromatic rings. The summed E-state index contributed by atoms with van der Waals surface area (Å²) in [6, 6.07) is -1.54. The Morgan fingerprint density at radius 2 is 1.52 bits per heavy atom. The number of fused-ring (bicyclic) bond motifs is 1. The molecule has 2 rings (SSSR count). The number of esters is 2. The van der Waals surface area contributed by atoms with Crippen LogP contribution in [-0.2, 0) is 25.6 Å². The van der Waals surface area contributed by atoms with Gasteiger partial charge in [-0.25, -0.2) is 4.98 Å². The Morgan fingerprint density at radius 3 is 1.97 bits per heavy atom. The van der Waals surface area contributed by atoms with Crippen molar-refractivity contribution in [2.75, 3.05) is 18.9 Å². The number of hydrogen-bond donors (Lipinski definition) is 4. The van der Waals surface area contributed by atoms with Crippen molar-refractivity contribution in [3.05, 3.63) is 16.7 Å². The van der Waals surface area contributed by atoms with E-state index in [4.69, 9.17) is 26.7 Å². The molecule has 0 aliphatic rings. The molecule has 33 heavy (non-hydrogen) atoms. The van der Waals surface area contributed by atoms with Crippen molar-refractivity contribution in [2.45, 2.75) is 46.3 Å². The van der Waals surface area contributed by atoms with Gasteiger partial charge in [-0.15, -0.1) is 24.8 Å². The maximum absolute atomic E-state index is 12.2. The average molecular weight is 510 g/mol. The summed E-state index contributed by atoms with van der Waals surface area (Å²) >= 11 is 0. The number of halogens is 2. The molecule has 0 saturated heterocycles. The standard InChI is InChI=1S/C19H31N7O5.2ClH/c1-9(2)12(20)17(28)30-6-11(7-31-18(29)13(21)10(3)4)5-26-8-23-14-15(26)24-19(22)25-16(14)27;;/h8-13H,5-7,20-21H2,1-4H3,(H3,22,24,25,27);2*1H/t12-,13-;;/m0../s1. The summed E-state index contributed by atoms with van der Waals surface area (Å²) < 4.78 is 12.3. The first-order chi connectivity index (χ1) is 14.5. The Labute approximate surface area is 203 Å². The molecule has 0 spiro atoms. The summed E-state index contributed by atoms with van der Waals surface area (Å²) in [6.07, 6.45) is 1.42. The van der Waals surface area contributed by atoms with Crippen LogP contribution in [0, 0.1) is 17.8 Å². The molecule has 0 unspecified atom stereocenters. The van der Waals surface area contributed by atoms with Crippen molar-refractivity contribution in [3.8, 4) is 0 Å². The summed E-state index contributed by atoms with van der Waals surface area (Å²) in [4.78, 5) is 46.8. The molecule has 188 valence electrons. The number of nitrogens with one attached hydrogen (secondary N) is 1. The highest BCUT2D eigenvalue weighted by Gasteiger charge is 2.24. The van der Waals surface area contributed by atoms with Gasteiger partial charge in [-0.2, -0.15) is 4.98 Å². The molecule has 0 aliphatic carbocycles. The highest BCUT2D eigenvalue weighted by atomic mass is 35.5. The van der Waals surface area contributed by atoms with Crippen LogP contribution in [0.25, 0.3) is 11.2 Å². The summed E-state index contributed by atoms with van der Waals surface area (Å²) in [5.41, 5.74) is 17.2. The van der Waals surface area contributed by atoms with Gasteiger partial charge in [0.1, 0.15) is 12.1 Å². The fourth-order valence-corrected chi connectivity index (χ4v) is 2.67. The smallest absolute Gasteiger partial charge is 0.323 e. The van der Waals surface area contributed by atoms with Crippen molar-refractivity contribution < 1.29 is 19.1 Å². The quantitative estimate of drug-likeness (QED) is 0.321. The van der Waals surface area contributed by atoms with E-state index in [1.807, 2.05) is 27.7 Å². The zero-order valence-corrected chi connectivity index (χ0v) is 20.6. The van der Waals surface area contributed by atoms with E-state index in [2.05, 4.69) is 15.0 Å². The Balaban J connectivity index is 0.00000512. The molecule has 14 heteroatoms. The molecule has 0 aliphatic heterocycles. The Hall–Kier alpha value is -2.41. The van der Waals surface area contributed by atoms with Gasteiger partial charge >= 0.3 is 11.9 Å². The van der Waals surface area contributed by atoms with Gasteiger partial charge in [0.2, 0.25) is 5.95 Å². The van der Waals surface area contributed by atoms with E-state index in [1.54, 1.807) is 4.57 Å². The van der Waals surface area contributed by atoms with E-state index >= 15 is 0 Å². The van der Waals surface area contributed by atoms with Crippen LogP contribution in [0.3, 0.4) is 0 Å². The third-order valence-corrected chi connectivity index (χ3v) is 4.85. The molecule has 0 aromatic carbocycles. The minimum atomic E-state index is -0.772. The number of hydrogen-bond acceptors (Lipinski definition) is 10. The van der Waals surface area contributed by atoms with Crippen LogP contribution in [0.1, 0.15) is 27.7 Å². The minimum absolute atomic E-state index is 0. The first-order valence-electron chi connectivity index (χ1n) is 10.1. The average Bonchev–Trinajstić information content (AvgIpc) is 3.10. The molecule has 2 heterocycles. The van der Waals surface area contributed by atoms with Crippen LogP contribution in [0.2, 0.25) is 0 Å². The summed E-state index contributed by atoms with van der Waals surface area (Å²) in [7, 11) is 0. The predicted octanol–water partition coefficient (Wildman–Crippen LogP) is 0.215. The topological polar surface area (TPSA) is 194 Å². The monoisotopic (exact) mass is 509 g/mol. The van der Waals surface area contributed by atoms with Crippen molar-refractivity contribution in [1.29, 1.82) is 0 Å². The number of imidazole rings is 1. The van der Waals surface area contributed by atoms with Crippen LogP contribution in [0.5, 0.6) is 0 Å². The van der Waals surface area contributed by atoms with E-state index in [9.17, 15) is 14.4 Å². The number of anilines is 1. The lowest BCUT2D eigenvalue weighted by molar-refractivity contribution is -0.152. The largest absolute Gasteiger partial charge is 0.464 e. The van der Waals surface area contributed by atoms with E-state index in [0.717, 1.165) is 0 Å². The highest BCUT2D eigenvalue weighted by Crippen LogP contribution is 2.13. The van der Waals surface area contributed by atoms with E-state index in [-0.39, 0.29) is 73.5 Å². The molecule has 0 bridgehead atoms. The second-order valence-electron chi connectivity index (χ2n) is 8.19. The first-order valence-corrected chi connectivity index (χ1v) is 10.1. The number of ether oxygens (including phenoxy) is 2. The molecule has 7 N–H and O–H groups in total. The second-order valence-corrected chi connectivity index (χ2v) is 8.19. The lowest BCUT2D eigenvalue weighted by atomic mass is 10.1. The SMILES string of the molecule is CC(C)[C@H](N)C(=O)OCC(COC(=O)[C@@H](N)C(C)C)Cn1cnc2c(=O)[nH]c(N)nc21.Cl.Cl. The van der Waals surface area contributed by atoms with Gasteiger partial charge in [-0.1, -0.05) is 27.7 Å². The fraction of sp³-hybridized carbons (Fsp3) is 0.632. The number of carbonyl (C=O) groups is 2. The molecule has 0 fully saturated rings. The summed E-state index contributed by atoms with van der Waals surface area (Å²) in [5, 5.41) is 0. The van der Waals surface area contributed by atoms with E-state index in [0.29, 0.717) is 0 Å². The van der Waals surface area contributed by atoms with E-state index < -0.39 is 35.5 Å². The van der Waals surface area contributed by atoms with Crippen molar-refractivity contribution >= 4 is 53.9 Å². The number of aromatic amines is 1. The van der Waals surface area contributed by atoms with Crippen LogP contribution in [0.4, 0.5) is 5.95 Å². The molecule has 2 atom stereocenters. The molecular formula is C19H33Cl2N7O5.